The number of aryl methyl sites for hydroxylation is 1. The van der Waals surface area contributed by atoms with Gasteiger partial charge in [0.25, 0.3) is 5.91 Å². The number of unbranched alkanes of at least 4 members (excludes halogenated alkanes) is 1. The molecule has 0 aliphatic rings. The Bertz CT molecular complexity index is 404. The standard InChI is InChI=1S/C14H23N3O/c1-4-6-9-17(5-2)14(18)12-8-7-11(3)10-13(12)16-15/h7-8,10,16H,4-6,9,15H2,1-3H3. The van der Waals surface area contributed by atoms with Gasteiger partial charge in [-0.3, -0.25) is 10.6 Å². The van der Waals surface area contributed by atoms with Crippen molar-refractivity contribution in [2.24, 2.45) is 5.84 Å². The van der Waals surface area contributed by atoms with Gasteiger partial charge >= 0.3 is 0 Å². The maximum atomic E-state index is 12.4. The van der Waals surface area contributed by atoms with Crippen LogP contribution < -0.4 is 11.3 Å². The van der Waals surface area contributed by atoms with E-state index in [9.17, 15) is 4.79 Å². The summed E-state index contributed by atoms with van der Waals surface area (Å²) in [7, 11) is 0. The van der Waals surface area contributed by atoms with Crippen LogP contribution in [0.4, 0.5) is 5.69 Å². The maximum absolute atomic E-state index is 12.4. The molecule has 0 radical (unpaired) electrons. The van der Waals surface area contributed by atoms with E-state index in [0.29, 0.717) is 11.3 Å². The molecule has 1 amide bonds. The molecule has 0 aromatic heterocycles. The molecule has 0 saturated heterocycles. The third-order valence-corrected chi connectivity index (χ3v) is 3.01. The van der Waals surface area contributed by atoms with Crippen LogP contribution in [-0.2, 0) is 0 Å². The average Bonchev–Trinajstić information content (AvgIpc) is 2.39. The number of hydrazine groups is 1. The summed E-state index contributed by atoms with van der Waals surface area (Å²) in [6, 6.07) is 5.66. The summed E-state index contributed by atoms with van der Waals surface area (Å²) in [6.07, 6.45) is 2.11. The van der Waals surface area contributed by atoms with Crippen LogP contribution in [0, 0.1) is 6.92 Å². The number of rotatable bonds is 6. The van der Waals surface area contributed by atoms with Gasteiger partial charge < -0.3 is 10.3 Å². The highest BCUT2D eigenvalue weighted by Crippen LogP contribution is 2.18. The first kappa shape index (κ1) is 14.5. The van der Waals surface area contributed by atoms with Gasteiger partial charge in [0.2, 0.25) is 0 Å². The Balaban J connectivity index is 2.93. The second kappa shape index (κ2) is 7.01. The van der Waals surface area contributed by atoms with Crippen molar-refractivity contribution in [3.8, 4) is 0 Å². The van der Waals surface area contributed by atoms with Crippen molar-refractivity contribution >= 4 is 11.6 Å². The molecule has 0 atom stereocenters. The van der Waals surface area contributed by atoms with E-state index in [0.717, 1.165) is 31.5 Å². The number of hydrogen-bond acceptors (Lipinski definition) is 3. The molecule has 0 aliphatic heterocycles. The Morgan fingerprint density at radius 1 is 1.39 bits per heavy atom. The molecule has 0 heterocycles. The molecular weight excluding hydrogens is 226 g/mol. The van der Waals surface area contributed by atoms with E-state index in [2.05, 4.69) is 12.3 Å². The highest BCUT2D eigenvalue weighted by atomic mass is 16.2. The molecule has 4 nitrogen and oxygen atoms in total. The molecule has 1 rings (SSSR count). The summed E-state index contributed by atoms with van der Waals surface area (Å²) in [5.41, 5.74) is 5.01. The molecule has 0 unspecified atom stereocenters. The zero-order chi connectivity index (χ0) is 13.5. The topological polar surface area (TPSA) is 58.4 Å². The van der Waals surface area contributed by atoms with E-state index in [1.165, 1.54) is 0 Å². The maximum Gasteiger partial charge on any atom is 0.255 e. The summed E-state index contributed by atoms with van der Waals surface area (Å²) < 4.78 is 0. The average molecular weight is 249 g/mol. The molecule has 0 spiro atoms. The number of nitrogens with zero attached hydrogens (tertiary/aromatic N) is 1. The highest BCUT2D eigenvalue weighted by molar-refractivity contribution is 5.99. The van der Waals surface area contributed by atoms with Crippen LogP contribution in [-0.4, -0.2) is 23.9 Å². The number of nitrogens with one attached hydrogen (secondary N) is 1. The van der Waals surface area contributed by atoms with Crippen molar-refractivity contribution in [1.82, 2.24) is 4.90 Å². The first-order valence-corrected chi connectivity index (χ1v) is 6.50. The van der Waals surface area contributed by atoms with E-state index >= 15 is 0 Å². The van der Waals surface area contributed by atoms with Crippen LogP contribution in [0.25, 0.3) is 0 Å². The zero-order valence-corrected chi connectivity index (χ0v) is 11.5. The number of nitrogen functional groups attached to an aromatic ring is 1. The minimum atomic E-state index is 0.0406. The monoisotopic (exact) mass is 249 g/mol. The van der Waals surface area contributed by atoms with Gasteiger partial charge in [-0.1, -0.05) is 19.4 Å². The number of amides is 1. The Morgan fingerprint density at radius 2 is 2.11 bits per heavy atom. The predicted octanol–water partition coefficient (Wildman–Crippen LogP) is 2.54. The van der Waals surface area contributed by atoms with Crippen molar-refractivity contribution in [3.63, 3.8) is 0 Å². The van der Waals surface area contributed by atoms with E-state index in [4.69, 9.17) is 5.84 Å². The lowest BCUT2D eigenvalue weighted by Gasteiger charge is -2.22. The van der Waals surface area contributed by atoms with Crippen molar-refractivity contribution < 1.29 is 4.79 Å². The van der Waals surface area contributed by atoms with Crippen LogP contribution in [0.2, 0.25) is 0 Å². The lowest BCUT2D eigenvalue weighted by Crippen LogP contribution is -2.32. The van der Waals surface area contributed by atoms with Crippen LogP contribution in [0.5, 0.6) is 0 Å². The van der Waals surface area contributed by atoms with Gasteiger partial charge in [0.1, 0.15) is 0 Å². The molecule has 3 N–H and O–H groups in total. The fourth-order valence-electron chi connectivity index (χ4n) is 1.89. The first-order chi connectivity index (χ1) is 8.63. The third kappa shape index (κ3) is 3.47. The Labute approximate surface area is 109 Å². The Hall–Kier alpha value is -1.55. The smallest absolute Gasteiger partial charge is 0.255 e. The van der Waals surface area contributed by atoms with E-state index in [1.54, 1.807) is 0 Å². The molecule has 0 saturated carbocycles. The van der Waals surface area contributed by atoms with Crippen LogP contribution in [0.1, 0.15) is 42.6 Å². The van der Waals surface area contributed by atoms with Crippen molar-refractivity contribution in [2.45, 2.75) is 33.6 Å². The second-order valence-electron chi connectivity index (χ2n) is 4.43. The predicted molar refractivity (Wildman–Crippen MR) is 75.5 cm³/mol. The largest absolute Gasteiger partial charge is 0.339 e. The number of hydrogen-bond donors (Lipinski definition) is 2. The van der Waals surface area contributed by atoms with Gasteiger partial charge in [-0.15, -0.1) is 0 Å². The van der Waals surface area contributed by atoms with E-state index < -0.39 is 0 Å². The van der Waals surface area contributed by atoms with Crippen LogP contribution in [0.3, 0.4) is 0 Å². The molecular formula is C14H23N3O. The minimum Gasteiger partial charge on any atom is -0.339 e. The normalized spacial score (nSPS) is 10.2. The van der Waals surface area contributed by atoms with Crippen LogP contribution in [0.15, 0.2) is 18.2 Å². The Morgan fingerprint density at radius 3 is 2.67 bits per heavy atom. The van der Waals surface area contributed by atoms with Gasteiger partial charge in [0, 0.05) is 13.1 Å². The van der Waals surface area contributed by atoms with Gasteiger partial charge in [-0.05, 0) is 38.0 Å². The van der Waals surface area contributed by atoms with Crippen LogP contribution >= 0.6 is 0 Å². The summed E-state index contributed by atoms with van der Waals surface area (Å²) >= 11 is 0. The van der Waals surface area contributed by atoms with E-state index in [-0.39, 0.29) is 5.91 Å². The molecule has 0 fully saturated rings. The highest BCUT2D eigenvalue weighted by Gasteiger charge is 2.16. The number of carbonyl (C=O) groups is 1. The number of carbonyl (C=O) groups excluding carboxylic acids is 1. The molecule has 18 heavy (non-hydrogen) atoms. The number of nitrogens with two attached hydrogens (primary N) is 1. The van der Waals surface area contributed by atoms with Crippen molar-refractivity contribution in [2.75, 3.05) is 18.5 Å². The summed E-state index contributed by atoms with van der Waals surface area (Å²) in [6.45, 7) is 7.61. The van der Waals surface area contributed by atoms with Crippen molar-refractivity contribution in [1.29, 1.82) is 0 Å². The first-order valence-electron chi connectivity index (χ1n) is 6.50. The lowest BCUT2D eigenvalue weighted by atomic mass is 10.1. The fourth-order valence-corrected chi connectivity index (χ4v) is 1.89. The van der Waals surface area contributed by atoms with E-state index in [1.807, 2.05) is 36.9 Å². The quantitative estimate of drug-likeness (QED) is 0.601. The SMILES string of the molecule is CCCCN(CC)C(=O)c1ccc(C)cc1NN. The Kier molecular flexibility index (Phi) is 5.65. The molecule has 0 bridgehead atoms. The van der Waals surface area contributed by atoms with Gasteiger partial charge in [-0.25, -0.2) is 0 Å². The number of anilines is 1. The third-order valence-electron chi connectivity index (χ3n) is 3.01. The molecule has 100 valence electrons. The van der Waals surface area contributed by atoms with Gasteiger partial charge in [-0.2, -0.15) is 0 Å². The minimum absolute atomic E-state index is 0.0406. The molecule has 1 aromatic carbocycles. The molecule has 1 aromatic rings. The summed E-state index contributed by atoms with van der Waals surface area (Å²) in [5, 5.41) is 0. The summed E-state index contributed by atoms with van der Waals surface area (Å²) in [4.78, 5) is 14.3. The van der Waals surface area contributed by atoms with Gasteiger partial charge in [0.15, 0.2) is 0 Å². The molecule has 4 heteroatoms. The fraction of sp³-hybridized carbons (Fsp3) is 0.500. The van der Waals surface area contributed by atoms with Crippen molar-refractivity contribution in [3.05, 3.63) is 29.3 Å². The summed E-state index contributed by atoms with van der Waals surface area (Å²) in [5.74, 6) is 5.52. The number of benzene rings is 1. The van der Waals surface area contributed by atoms with Gasteiger partial charge in [0.05, 0.1) is 11.3 Å². The lowest BCUT2D eigenvalue weighted by molar-refractivity contribution is 0.0763. The molecule has 0 aliphatic carbocycles. The second-order valence-corrected chi connectivity index (χ2v) is 4.43. The zero-order valence-electron chi connectivity index (χ0n) is 11.5.